The van der Waals surface area contributed by atoms with Gasteiger partial charge in [0.1, 0.15) is 0 Å². The van der Waals surface area contributed by atoms with Crippen LogP contribution >= 0.6 is 34.8 Å². The fourth-order valence-corrected chi connectivity index (χ4v) is 2.01. The number of nitrogens with one attached hydrogen (secondary N) is 1. The summed E-state index contributed by atoms with van der Waals surface area (Å²) in [6, 6.07) is 18.3. The van der Waals surface area contributed by atoms with Crippen molar-refractivity contribution in [2.45, 2.75) is 10.2 Å². The lowest BCUT2D eigenvalue weighted by atomic mass is 10.0. The molecule has 1 N–H and O–H groups in total. The summed E-state index contributed by atoms with van der Waals surface area (Å²) in [7, 11) is 0. The van der Waals surface area contributed by atoms with Gasteiger partial charge in [0.2, 0.25) is 5.90 Å². The van der Waals surface area contributed by atoms with Crippen molar-refractivity contribution in [1.82, 2.24) is 0 Å². The molecule has 0 amide bonds. The molecular weight excluding hydrogens is 329 g/mol. The average molecular weight is 343 g/mol. The molecule has 0 spiro atoms. The van der Waals surface area contributed by atoms with Gasteiger partial charge in [-0.1, -0.05) is 89.4 Å². The lowest BCUT2D eigenvalue weighted by Crippen LogP contribution is -2.22. The summed E-state index contributed by atoms with van der Waals surface area (Å²) < 4.78 is 3.32. The second-order valence-electron chi connectivity index (χ2n) is 4.49. The van der Waals surface area contributed by atoms with E-state index in [1.165, 1.54) is 5.56 Å². The Balaban J connectivity index is 1.90. The minimum absolute atomic E-state index is 0.303. The Hall–Kier alpha value is -1.22. The van der Waals surface area contributed by atoms with E-state index in [9.17, 15) is 0 Å². The second kappa shape index (κ2) is 7.17. The smallest absolute Gasteiger partial charge is 0.265 e. The standard InChI is InChI=1S/C16H14Cl3NO/c17-16(18,19)15(20)21-11-10-12-6-8-14(9-7-12)13-4-2-1-3-5-13/h1-9,20H,10-11H2. The molecule has 0 saturated carbocycles. The number of halogens is 3. The van der Waals surface area contributed by atoms with Crippen LogP contribution in [0.5, 0.6) is 0 Å². The molecule has 0 aliphatic carbocycles. The lowest BCUT2D eigenvalue weighted by molar-refractivity contribution is 0.300. The third-order valence-electron chi connectivity index (χ3n) is 2.96. The van der Waals surface area contributed by atoms with E-state index in [2.05, 4.69) is 24.3 Å². The van der Waals surface area contributed by atoms with Crippen LogP contribution in [0, 0.1) is 5.41 Å². The van der Waals surface area contributed by atoms with Gasteiger partial charge in [0.05, 0.1) is 6.61 Å². The van der Waals surface area contributed by atoms with Gasteiger partial charge in [-0.2, -0.15) is 0 Å². The van der Waals surface area contributed by atoms with E-state index in [1.807, 2.05) is 30.3 Å². The number of rotatable bonds is 4. The minimum Gasteiger partial charge on any atom is -0.478 e. The van der Waals surface area contributed by atoms with Gasteiger partial charge in [0.25, 0.3) is 3.79 Å². The van der Waals surface area contributed by atoms with E-state index in [0.29, 0.717) is 13.0 Å². The van der Waals surface area contributed by atoms with Crippen molar-refractivity contribution >= 4 is 40.7 Å². The molecule has 2 aromatic carbocycles. The van der Waals surface area contributed by atoms with Crippen LogP contribution in [0.2, 0.25) is 0 Å². The van der Waals surface area contributed by atoms with E-state index in [-0.39, 0.29) is 5.90 Å². The molecule has 2 nitrogen and oxygen atoms in total. The average Bonchev–Trinajstić information content (AvgIpc) is 2.48. The summed E-state index contributed by atoms with van der Waals surface area (Å²) >= 11 is 16.6. The van der Waals surface area contributed by atoms with Crippen LogP contribution in [0.1, 0.15) is 5.56 Å². The molecule has 0 atom stereocenters. The number of hydrogen-bond donors (Lipinski definition) is 1. The molecule has 2 aromatic rings. The molecule has 0 radical (unpaired) electrons. The molecule has 0 aliphatic heterocycles. The summed E-state index contributed by atoms with van der Waals surface area (Å²) in [5.41, 5.74) is 3.44. The van der Waals surface area contributed by atoms with Gasteiger partial charge in [-0.15, -0.1) is 0 Å². The summed E-state index contributed by atoms with van der Waals surface area (Å²) in [5, 5.41) is 7.43. The Kier molecular flexibility index (Phi) is 5.51. The van der Waals surface area contributed by atoms with Crippen LogP contribution in [0.15, 0.2) is 54.6 Å². The number of alkyl halides is 3. The van der Waals surface area contributed by atoms with Gasteiger partial charge in [-0.3, -0.25) is 5.41 Å². The summed E-state index contributed by atoms with van der Waals surface area (Å²) in [5.74, 6) is -0.353. The van der Waals surface area contributed by atoms with Crippen LogP contribution in [-0.2, 0) is 11.2 Å². The van der Waals surface area contributed by atoms with Crippen LogP contribution in [0.25, 0.3) is 11.1 Å². The Bertz CT molecular complexity index is 591. The molecule has 0 saturated heterocycles. The first-order valence-electron chi connectivity index (χ1n) is 6.40. The largest absolute Gasteiger partial charge is 0.478 e. The highest BCUT2D eigenvalue weighted by molar-refractivity contribution is 6.76. The second-order valence-corrected chi connectivity index (χ2v) is 6.77. The number of hydrogen-bond acceptors (Lipinski definition) is 2. The van der Waals surface area contributed by atoms with Gasteiger partial charge in [-0.05, 0) is 16.7 Å². The van der Waals surface area contributed by atoms with E-state index in [4.69, 9.17) is 44.9 Å². The Morgan fingerprint density at radius 3 is 2.05 bits per heavy atom. The molecule has 110 valence electrons. The van der Waals surface area contributed by atoms with Crippen LogP contribution < -0.4 is 0 Å². The SMILES string of the molecule is N=C(OCCc1ccc(-c2ccccc2)cc1)C(Cl)(Cl)Cl. The van der Waals surface area contributed by atoms with E-state index < -0.39 is 3.79 Å². The highest BCUT2D eigenvalue weighted by Crippen LogP contribution is 2.27. The highest BCUT2D eigenvalue weighted by atomic mass is 35.6. The summed E-state index contributed by atoms with van der Waals surface area (Å²) in [4.78, 5) is 0. The van der Waals surface area contributed by atoms with Gasteiger partial charge >= 0.3 is 0 Å². The minimum atomic E-state index is -1.79. The Labute approximate surface area is 139 Å². The van der Waals surface area contributed by atoms with Crippen molar-refractivity contribution in [3.63, 3.8) is 0 Å². The maximum Gasteiger partial charge on any atom is 0.265 e. The molecule has 2 rings (SSSR count). The molecule has 0 unspecified atom stereocenters. The molecule has 0 bridgehead atoms. The van der Waals surface area contributed by atoms with Crippen molar-refractivity contribution in [2.24, 2.45) is 0 Å². The van der Waals surface area contributed by atoms with Crippen molar-refractivity contribution < 1.29 is 4.74 Å². The number of ether oxygens (including phenoxy) is 1. The Morgan fingerprint density at radius 2 is 1.48 bits per heavy atom. The zero-order valence-electron chi connectivity index (χ0n) is 11.2. The van der Waals surface area contributed by atoms with E-state index >= 15 is 0 Å². The molecule has 0 aromatic heterocycles. The maximum atomic E-state index is 7.43. The van der Waals surface area contributed by atoms with E-state index in [1.54, 1.807) is 0 Å². The fourth-order valence-electron chi connectivity index (χ4n) is 1.85. The Morgan fingerprint density at radius 1 is 0.905 bits per heavy atom. The fraction of sp³-hybridized carbons (Fsp3) is 0.188. The van der Waals surface area contributed by atoms with Crippen LogP contribution in [0.3, 0.4) is 0 Å². The van der Waals surface area contributed by atoms with Gasteiger partial charge in [0, 0.05) is 6.42 Å². The van der Waals surface area contributed by atoms with Crippen LogP contribution in [-0.4, -0.2) is 16.3 Å². The van der Waals surface area contributed by atoms with Crippen LogP contribution in [0.4, 0.5) is 0 Å². The molecule has 5 heteroatoms. The molecule has 0 fully saturated rings. The first kappa shape index (κ1) is 16.2. The van der Waals surface area contributed by atoms with Gasteiger partial charge in [-0.25, -0.2) is 0 Å². The first-order chi connectivity index (χ1) is 9.97. The first-order valence-corrected chi connectivity index (χ1v) is 7.53. The topological polar surface area (TPSA) is 33.1 Å². The normalized spacial score (nSPS) is 11.2. The maximum absolute atomic E-state index is 7.43. The predicted octanol–water partition coefficient (Wildman–Crippen LogP) is 5.26. The lowest BCUT2D eigenvalue weighted by Gasteiger charge is -2.13. The number of benzene rings is 2. The third-order valence-corrected chi connectivity index (χ3v) is 3.47. The molecular formula is C16H14Cl3NO. The predicted molar refractivity (Wildman–Crippen MR) is 89.6 cm³/mol. The molecule has 21 heavy (non-hydrogen) atoms. The van der Waals surface area contributed by atoms with Crippen molar-refractivity contribution in [2.75, 3.05) is 6.61 Å². The monoisotopic (exact) mass is 341 g/mol. The van der Waals surface area contributed by atoms with Gasteiger partial charge in [0.15, 0.2) is 0 Å². The van der Waals surface area contributed by atoms with Crippen molar-refractivity contribution in [1.29, 1.82) is 5.41 Å². The third kappa shape index (κ3) is 4.92. The zero-order valence-corrected chi connectivity index (χ0v) is 13.4. The zero-order chi connectivity index (χ0) is 15.3. The highest BCUT2D eigenvalue weighted by Gasteiger charge is 2.28. The molecule has 0 heterocycles. The molecule has 0 aliphatic rings. The quantitative estimate of drug-likeness (QED) is 0.459. The van der Waals surface area contributed by atoms with Crippen molar-refractivity contribution in [3.8, 4) is 11.1 Å². The van der Waals surface area contributed by atoms with E-state index in [0.717, 1.165) is 11.1 Å². The summed E-state index contributed by atoms with van der Waals surface area (Å²) in [6.07, 6.45) is 0.651. The van der Waals surface area contributed by atoms with Crippen molar-refractivity contribution in [3.05, 3.63) is 60.2 Å². The summed E-state index contributed by atoms with van der Waals surface area (Å²) in [6.45, 7) is 0.303. The van der Waals surface area contributed by atoms with Gasteiger partial charge < -0.3 is 4.74 Å².